The van der Waals surface area contributed by atoms with Crippen LogP contribution in [-0.2, 0) is 17.1 Å². The third-order valence-corrected chi connectivity index (χ3v) is 5.05. The molecule has 2 aromatic carbocycles. The Hall–Kier alpha value is -1.49. The minimum atomic E-state index is 0. The fraction of sp³-hybridized carbons (Fsp3) is 0.240. The van der Waals surface area contributed by atoms with Crippen molar-refractivity contribution in [2.75, 3.05) is 0 Å². The maximum Gasteiger partial charge on any atom is 3.00 e. The van der Waals surface area contributed by atoms with Crippen LogP contribution in [0.3, 0.4) is 0 Å². The molecule has 0 bridgehead atoms. The number of halogens is 3. The number of nitrogens with zero attached hydrogens (tertiary/aromatic N) is 3. The molecule has 0 aliphatic heterocycles. The van der Waals surface area contributed by atoms with Crippen LogP contribution in [0.25, 0.3) is 0 Å². The van der Waals surface area contributed by atoms with Gasteiger partial charge in [0, 0.05) is 28.1 Å². The molecule has 0 fully saturated rings. The molecule has 0 amide bonds. The molecule has 3 rings (SSSR count). The molecule has 0 aliphatic rings. The van der Waals surface area contributed by atoms with E-state index in [9.17, 15) is 0 Å². The topological polar surface area (TPSA) is 37.6 Å². The molecule has 32 heavy (non-hydrogen) atoms. The van der Waals surface area contributed by atoms with Gasteiger partial charge in [-0.25, -0.2) is 0 Å². The normalized spacial score (nSPS) is 10.3. The van der Waals surface area contributed by atoms with E-state index in [0.29, 0.717) is 0 Å². The predicted octanol–water partition coefficient (Wildman–Crippen LogP) is 1.51. The zero-order valence-corrected chi connectivity index (χ0v) is 23.2. The standard InChI is InChI=1S/C14H13BrN2.C11H14N.2ClH.Fe/c1-10-5-3-7-13(15)14(10)17-11(2)12-6-4-8-16-9-12;1-5-12-11-9(3)6-8(2)7-10(11)4;;;/h3-9H,1-2H3;6-7H,1-4H3;2*1H;/q;-1;;;+3/p-2. The third kappa shape index (κ3) is 9.56. The zero-order chi connectivity index (χ0) is 21.4. The maximum atomic E-state index is 4.66. The Labute approximate surface area is 223 Å². The van der Waals surface area contributed by atoms with Crippen LogP contribution in [0.5, 0.6) is 0 Å². The molecule has 0 atom stereocenters. The summed E-state index contributed by atoms with van der Waals surface area (Å²) in [6.45, 7) is 12.1. The second-order valence-electron chi connectivity index (χ2n) is 6.93. The predicted molar refractivity (Wildman–Crippen MR) is 128 cm³/mol. The number of aromatic nitrogens is 1. The van der Waals surface area contributed by atoms with E-state index in [1.165, 1.54) is 16.7 Å². The number of benzene rings is 2. The van der Waals surface area contributed by atoms with E-state index < -0.39 is 0 Å². The minimum Gasteiger partial charge on any atom is -1.00 e. The maximum absolute atomic E-state index is 4.66. The van der Waals surface area contributed by atoms with Gasteiger partial charge < -0.3 is 29.8 Å². The summed E-state index contributed by atoms with van der Waals surface area (Å²) in [7, 11) is 0. The Bertz CT molecular complexity index is 995. The zero-order valence-electron chi connectivity index (χ0n) is 19.0. The molecular formula is C25H27BrCl2FeN3. The van der Waals surface area contributed by atoms with Crippen LogP contribution in [-0.4, -0.2) is 16.9 Å². The van der Waals surface area contributed by atoms with Gasteiger partial charge in [0.05, 0.1) is 5.69 Å². The molecule has 0 unspecified atom stereocenters. The molecule has 7 heteroatoms. The Kier molecular flexibility index (Phi) is 16.5. The van der Waals surface area contributed by atoms with Gasteiger partial charge in [-0.3, -0.25) is 9.98 Å². The number of aliphatic imine (C=N–C) groups is 2. The average Bonchev–Trinajstić information content (AvgIpc) is 2.69. The van der Waals surface area contributed by atoms with Gasteiger partial charge in [0.2, 0.25) is 0 Å². The van der Waals surface area contributed by atoms with Crippen LogP contribution in [0, 0.1) is 27.7 Å². The largest absolute Gasteiger partial charge is 3.00 e. The molecule has 1 radical (unpaired) electrons. The summed E-state index contributed by atoms with van der Waals surface area (Å²) >= 11 is 3.53. The van der Waals surface area contributed by atoms with Gasteiger partial charge in [0.25, 0.3) is 0 Å². The van der Waals surface area contributed by atoms with Gasteiger partial charge in [0.15, 0.2) is 0 Å². The van der Waals surface area contributed by atoms with Crippen LogP contribution in [0.4, 0.5) is 11.4 Å². The molecule has 1 aromatic heterocycles. The van der Waals surface area contributed by atoms with Crippen molar-refractivity contribution in [2.24, 2.45) is 9.98 Å². The van der Waals surface area contributed by atoms with E-state index in [0.717, 1.165) is 32.7 Å². The van der Waals surface area contributed by atoms with Gasteiger partial charge >= 0.3 is 17.1 Å². The Morgan fingerprint density at radius 2 is 1.53 bits per heavy atom. The SMILES string of the molecule is CC(=Nc1c(C)cccc1Br)c1cccnc1.C[C-]=Nc1c(C)cc(C)cc1C.[Cl-].[Cl-].[Fe+3]. The molecule has 0 aliphatic carbocycles. The smallest absolute Gasteiger partial charge is 1.00 e. The van der Waals surface area contributed by atoms with Crippen LogP contribution in [0.2, 0.25) is 0 Å². The van der Waals surface area contributed by atoms with Gasteiger partial charge in [-0.1, -0.05) is 55.4 Å². The van der Waals surface area contributed by atoms with Gasteiger partial charge in [-0.2, -0.15) is 6.21 Å². The van der Waals surface area contributed by atoms with Crippen LogP contribution in [0.1, 0.15) is 41.7 Å². The van der Waals surface area contributed by atoms with Crippen molar-refractivity contribution in [1.29, 1.82) is 0 Å². The van der Waals surface area contributed by atoms with Crippen LogP contribution < -0.4 is 24.8 Å². The molecule has 0 N–H and O–H groups in total. The van der Waals surface area contributed by atoms with E-state index >= 15 is 0 Å². The van der Waals surface area contributed by atoms with E-state index in [4.69, 9.17) is 0 Å². The van der Waals surface area contributed by atoms with E-state index in [1.54, 1.807) is 6.20 Å². The van der Waals surface area contributed by atoms with E-state index in [2.05, 4.69) is 83.0 Å². The van der Waals surface area contributed by atoms with Crippen molar-refractivity contribution in [3.05, 3.63) is 87.1 Å². The first-order valence-corrected chi connectivity index (χ1v) is 10.3. The van der Waals surface area contributed by atoms with Gasteiger partial charge in [-0.05, 0) is 54.4 Å². The van der Waals surface area contributed by atoms with Crippen molar-refractivity contribution >= 4 is 39.2 Å². The monoisotopic (exact) mass is 574 g/mol. The second-order valence-corrected chi connectivity index (χ2v) is 7.78. The average molecular weight is 576 g/mol. The van der Waals surface area contributed by atoms with Crippen molar-refractivity contribution in [1.82, 2.24) is 4.98 Å². The second kappa shape index (κ2) is 16.2. The van der Waals surface area contributed by atoms with Crippen molar-refractivity contribution in [2.45, 2.75) is 41.5 Å². The Morgan fingerprint density at radius 1 is 0.906 bits per heavy atom. The van der Waals surface area contributed by atoms with Crippen LogP contribution >= 0.6 is 15.9 Å². The first kappa shape index (κ1) is 32.7. The molecule has 0 saturated heterocycles. The summed E-state index contributed by atoms with van der Waals surface area (Å²) in [5, 5.41) is 0. The summed E-state index contributed by atoms with van der Waals surface area (Å²) in [5.74, 6) is 0. The van der Waals surface area contributed by atoms with Gasteiger partial charge in [0.1, 0.15) is 0 Å². The molecule has 3 aromatic rings. The molecular weight excluding hydrogens is 549 g/mol. The van der Waals surface area contributed by atoms with Crippen LogP contribution in [0.15, 0.2) is 69.3 Å². The van der Waals surface area contributed by atoms with E-state index in [-0.39, 0.29) is 41.9 Å². The molecule has 1 heterocycles. The fourth-order valence-electron chi connectivity index (χ4n) is 3.03. The molecule has 3 nitrogen and oxygen atoms in total. The summed E-state index contributed by atoms with van der Waals surface area (Å²) < 4.78 is 1.01. The Morgan fingerprint density at radius 3 is 2.03 bits per heavy atom. The summed E-state index contributed by atoms with van der Waals surface area (Å²) in [6.07, 6.45) is 6.40. The number of aryl methyl sites for hydroxylation is 4. The summed E-state index contributed by atoms with van der Waals surface area (Å²) in [5.41, 5.74) is 8.94. The first-order chi connectivity index (χ1) is 13.8. The number of pyridine rings is 1. The van der Waals surface area contributed by atoms with Crippen molar-refractivity contribution < 1.29 is 41.9 Å². The van der Waals surface area contributed by atoms with Gasteiger partial charge in [-0.15, -0.1) is 18.1 Å². The molecule has 171 valence electrons. The number of hydrogen-bond donors (Lipinski definition) is 0. The first-order valence-electron chi connectivity index (χ1n) is 9.49. The quantitative estimate of drug-likeness (QED) is 0.265. The van der Waals surface area contributed by atoms with E-state index in [1.807, 2.05) is 44.3 Å². The summed E-state index contributed by atoms with van der Waals surface area (Å²) in [4.78, 5) is 13.0. The molecule has 0 spiro atoms. The minimum absolute atomic E-state index is 0. The fourth-order valence-corrected chi connectivity index (χ4v) is 3.59. The number of rotatable bonds is 3. The number of para-hydroxylation sites is 1. The van der Waals surface area contributed by atoms with Crippen molar-refractivity contribution in [3.63, 3.8) is 0 Å². The summed E-state index contributed by atoms with van der Waals surface area (Å²) in [6, 6.07) is 14.3. The third-order valence-electron chi connectivity index (χ3n) is 4.41. The molecule has 0 saturated carbocycles. The van der Waals surface area contributed by atoms with Crippen molar-refractivity contribution in [3.8, 4) is 0 Å². The Balaban J connectivity index is 0. The number of hydrogen-bond acceptors (Lipinski definition) is 3.